The van der Waals surface area contributed by atoms with Crippen LogP contribution in [0, 0.1) is 0 Å². The minimum absolute atomic E-state index is 0.0850. The fourth-order valence-corrected chi connectivity index (χ4v) is 3.35. The number of benzene rings is 1. The van der Waals surface area contributed by atoms with E-state index in [1.54, 1.807) is 11.3 Å². The second-order valence-corrected chi connectivity index (χ2v) is 6.22. The predicted molar refractivity (Wildman–Crippen MR) is 87.0 cm³/mol. The SMILES string of the molecule is CC1=NN(c2ccccc2)C(=O)/C1=C/c1cc(Br)cs1. The molecule has 1 aromatic heterocycles. The Bertz CT molecular complexity index is 718. The number of carbonyl (C=O) groups excluding carboxylic acids is 1. The Balaban J connectivity index is 1.95. The van der Waals surface area contributed by atoms with Crippen LogP contribution in [0.5, 0.6) is 0 Å². The molecule has 0 spiro atoms. The van der Waals surface area contributed by atoms with Gasteiger partial charge in [-0.2, -0.15) is 10.1 Å². The van der Waals surface area contributed by atoms with Crippen molar-refractivity contribution in [2.45, 2.75) is 6.92 Å². The van der Waals surface area contributed by atoms with Crippen molar-refractivity contribution in [1.29, 1.82) is 0 Å². The third-order valence-corrected chi connectivity index (χ3v) is 4.58. The summed E-state index contributed by atoms with van der Waals surface area (Å²) in [6.07, 6.45) is 1.89. The summed E-state index contributed by atoms with van der Waals surface area (Å²) in [6.45, 7) is 1.86. The highest BCUT2D eigenvalue weighted by Crippen LogP contribution is 2.27. The summed E-state index contributed by atoms with van der Waals surface area (Å²) in [4.78, 5) is 13.5. The van der Waals surface area contributed by atoms with E-state index in [1.807, 2.05) is 54.8 Å². The van der Waals surface area contributed by atoms with Gasteiger partial charge in [-0.05, 0) is 47.1 Å². The number of hydrazone groups is 1. The lowest BCUT2D eigenvalue weighted by molar-refractivity contribution is -0.114. The highest BCUT2D eigenvalue weighted by molar-refractivity contribution is 9.10. The molecule has 5 heteroatoms. The first-order valence-corrected chi connectivity index (χ1v) is 7.73. The van der Waals surface area contributed by atoms with Crippen molar-refractivity contribution in [2.75, 3.05) is 5.01 Å². The van der Waals surface area contributed by atoms with Crippen LogP contribution >= 0.6 is 27.3 Å². The minimum atomic E-state index is -0.0850. The molecular formula is C15H11BrN2OS. The quantitative estimate of drug-likeness (QED) is 0.745. The molecular weight excluding hydrogens is 336 g/mol. The van der Waals surface area contributed by atoms with Crippen LogP contribution in [0.1, 0.15) is 11.8 Å². The van der Waals surface area contributed by atoms with Crippen molar-refractivity contribution < 1.29 is 4.79 Å². The molecule has 1 aromatic carbocycles. The lowest BCUT2D eigenvalue weighted by Gasteiger charge is -2.10. The van der Waals surface area contributed by atoms with Crippen LogP contribution in [0.3, 0.4) is 0 Å². The minimum Gasteiger partial charge on any atom is -0.267 e. The van der Waals surface area contributed by atoms with E-state index in [2.05, 4.69) is 21.0 Å². The van der Waals surface area contributed by atoms with Crippen molar-refractivity contribution in [3.63, 3.8) is 0 Å². The summed E-state index contributed by atoms with van der Waals surface area (Å²) >= 11 is 5.00. The average Bonchev–Trinajstić information content (AvgIpc) is 2.98. The van der Waals surface area contributed by atoms with Gasteiger partial charge in [0.25, 0.3) is 5.91 Å². The van der Waals surface area contributed by atoms with E-state index in [1.165, 1.54) is 5.01 Å². The van der Waals surface area contributed by atoms with Crippen LogP contribution in [0.15, 0.2) is 56.9 Å². The van der Waals surface area contributed by atoms with Gasteiger partial charge in [0.05, 0.1) is 17.0 Å². The number of halogens is 1. The third-order valence-electron chi connectivity index (χ3n) is 2.94. The summed E-state index contributed by atoms with van der Waals surface area (Å²) in [7, 11) is 0. The Morgan fingerprint density at radius 3 is 2.70 bits per heavy atom. The van der Waals surface area contributed by atoms with Gasteiger partial charge in [0.15, 0.2) is 0 Å². The van der Waals surface area contributed by atoms with E-state index < -0.39 is 0 Å². The molecule has 2 heterocycles. The molecule has 0 aliphatic carbocycles. The summed E-state index contributed by atoms with van der Waals surface area (Å²) in [5, 5.41) is 7.79. The number of hydrogen-bond donors (Lipinski definition) is 0. The molecule has 0 saturated carbocycles. The van der Waals surface area contributed by atoms with Gasteiger partial charge in [-0.15, -0.1) is 11.3 Å². The number of amides is 1. The lowest BCUT2D eigenvalue weighted by atomic mass is 10.1. The van der Waals surface area contributed by atoms with Gasteiger partial charge >= 0.3 is 0 Å². The van der Waals surface area contributed by atoms with E-state index in [4.69, 9.17) is 0 Å². The summed E-state index contributed by atoms with van der Waals surface area (Å²) < 4.78 is 1.02. The molecule has 0 N–H and O–H groups in total. The van der Waals surface area contributed by atoms with Gasteiger partial charge in [-0.25, -0.2) is 0 Å². The number of hydrogen-bond acceptors (Lipinski definition) is 3. The van der Waals surface area contributed by atoms with Crippen molar-refractivity contribution in [1.82, 2.24) is 0 Å². The molecule has 0 atom stereocenters. The maximum atomic E-state index is 12.5. The first kappa shape index (κ1) is 13.3. The molecule has 0 fully saturated rings. The van der Waals surface area contributed by atoms with Crippen molar-refractivity contribution in [2.24, 2.45) is 5.10 Å². The summed E-state index contributed by atoms with van der Waals surface area (Å²) in [5.74, 6) is -0.0850. The monoisotopic (exact) mass is 346 g/mol. The molecule has 0 unspecified atom stereocenters. The second kappa shape index (κ2) is 5.34. The molecule has 1 amide bonds. The normalized spacial score (nSPS) is 16.9. The fourth-order valence-electron chi connectivity index (χ4n) is 1.97. The lowest BCUT2D eigenvalue weighted by Crippen LogP contribution is -2.21. The topological polar surface area (TPSA) is 32.7 Å². The first-order chi connectivity index (χ1) is 9.65. The average molecular weight is 347 g/mol. The van der Waals surface area contributed by atoms with Gasteiger partial charge < -0.3 is 0 Å². The maximum Gasteiger partial charge on any atom is 0.280 e. The molecule has 100 valence electrons. The molecule has 1 aliphatic rings. The molecule has 2 aromatic rings. The van der Waals surface area contributed by atoms with Crippen molar-refractivity contribution in [3.8, 4) is 0 Å². The van der Waals surface area contributed by atoms with Crippen LogP contribution in [0.4, 0.5) is 5.69 Å². The van der Waals surface area contributed by atoms with E-state index >= 15 is 0 Å². The predicted octanol–water partition coefficient (Wildman–Crippen LogP) is 4.32. The zero-order valence-corrected chi connectivity index (χ0v) is 13.1. The number of rotatable bonds is 2. The largest absolute Gasteiger partial charge is 0.280 e. The number of nitrogens with zero attached hydrogens (tertiary/aromatic N) is 2. The number of thiophene rings is 1. The molecule has 20 heavy (non-hydrogen) atoms. The van der Waals surface area contributed by atoms with Crippen LogP contribution in [0.25, 0.3) is 6.08 Å². The standard InChI is InChI=1S/C15H11BrN2OS/c1-10-14(8-13-7-11(16)9-20-13)15(19)18(17-10)12-5-3-2-4-6-12/h2-9H,1H3/b14-8+. The Kier molecular flexibility index (Phi) is 3.54. The van der Waals surface area contributed by atoms with Crippen LogP contribution in [-0.4, -0.2) is 11.6 Å². The Labute approximate surface area is 129 Å². The summed E-state index contributed by atoms with van der Waals surface area (Å²) in [5.41, 5.74) is 2.17. The van der Waals surface area contributed by atoms with Gasteiger partial charge in [-0.3, -0.25) is 4.79 Å². The molecule has 1 aliphatic heterocycles. The highest BCUT2D eigenvalue weighted by atomic mass is 79.9. The first-order valence-electron chi connectivity index (χ1n) is 6.06. The zero-order valence-electron chi connectivity index (χ0n) is 10.7. The number of anilines is 1. The Hall–Kier alpha value is -1.72. The van der Waals surface area contributed by atoms with Crippen LogP contribution in [0.2, 0.25) is 0 Å². The van der Waals surface area contributed by atoms with Gasteiger partial charge in [0, 0.05) is 14.7 Å². The zero-order chi connectivity index (χ0) is 14.1. The highest BCUT2D eigenvalue weighted by Gasteiger charge is 2.28. The van der Waals surface area contributed by atoms with Crippen molar-refractivity contribution in [3.05, 3.63) is 56.7 Å². The van der Waals surface area contributed by atoms with E-state index in [-0.39, 0.29) is 5.91 Å². The Morgan fingerprint density at radius 1 is 1.30 bits per heavy atom. The van der Waals surface area contributed by atoms with E-state index in [9.17, 15) is 4.79 Å². The van der Waals surface area contributed by atoms with Crippen molar-refractivity contribution >= 4 is 50.6 Å². The van der Waals surface area contributed by atoms with Gasteiger partial charge in [0.2, 0.25) is 0 Å². The van der Waals surface area contributed by atoms with Gasteiger partial charge in [0.1, 0.15) is 0 Å². The van der Waals surface area contributed by atoms with Gasteiger partial charge in [-0.1, -0.05) is 18.2 Å². The van der Waals surface area contributed by atoms with E-state index in [0.29, 0.717) is 5.57 Å². The maximum absolute atomic E-state index is 12.5. The van der Waals surface area contributed by atoms with Crippen LogP contribution in [-0.2, 0) is 4.79 Å². The third kappa shape index (κ3) is 2.46. The molecule has 0 bridgehead atoms. The number of para-hydroxylation sites is 1. The van der Waals surface area contributed by atoms with Crippen LogP contribution < -0.4 is 5.01 Å². The molecule has 0 saturated heterocycles. The molecule has 3 nitrogen and oxygen atoms in total. The molecule has 0 radical (unpaired) electrons. The Morgan fingerprint density at radius 2 is 2.05 bits per heavy atom. The molecule has 3 rings (SSSR count). The smallest absolute Gasteiger partial charge is 0.267 e. The second-order valence-electron chi connectivity index (χ2n) is 4.36. The fraction of sp³-hybridized carbons (Fsp3) is 0.0667. The van der Waals surface area contributed by atoms with E-state index in [0.717, 1.165) is 20.7 Å². The summed E-state index contributed by atoms with van der Waals surface area (Å²) in [6, 6.07) is 11.4. The number of carbonyl (C=O) groups is 1.